The van der Waals surface area contributed by atoms with E-state index in [1.807, 2.05) is 6.92 Å². The van der Waals surface area contributed by atoms with Gasteiger partial charge in [-0.2, -0.15) is 0 Å². The normalized spacial score (nSPS) is 15.0. The van der Waals surface area contributed by atoms with Crippen LogP contribution >= 0.6 is 11.6 Å². The molecule has 3 nitrogen and oxygen atoms in total. The SMILES string of the molecule is CCNC(CS(=O)(=O)Cc1ccc(Cl)cc1)C(C)CC. The summed E-state index contributed by atoms with van der Waals surface area (Å²) < 4.78 is 24.6. The number of nitrogens with one attached hydrogen (secondary N) is 1. The maximum Gasteiger partial charge on any atom is 0.155 e. The summed E-state index contributed by atoms with van der Waals surface area (Å²) in [6.07, 6.45) is 0.966. The molecule has 0 spiro atoms. The molecule has 0 heterocycles. The average molecular weight is 318 g/mol. The van der Waals surface area contributed by atoms with Crippen LogP contribution in [0.5, 0.6) is 0 Å². The second-order valence-electron chi connectivity index (χ2n) is 5.23. The van der Waals surface area contributed by atoms with Crippen molar-refractivity contribution in [2.24, 2.45) is 5.92 Å². The molecule has 0 aliphatic rings. The molecule has 5 heteroatoms. The van der Waals surface area contributed by atoms with Gasteiger partial charge in [0.1, 0.15) is 0 Å². The van der Waals surface area contributed by atoms with E-state index in [2.05, 4.69) is 19.2 Å². The molecule has 2 unspecified atom stereocenters. The van der Waals surface area contributed by atoms with Crippen LogP contribution in [0.15, 0.2) is 24.3 Å². The lowest BCUT2D eigenvalue weighted by Gasteiger charge is -2.23. The van der Waals surface area contributed by atoms with Gasteiger partial charge in [0.15, 0.2) is 9.84 Å². The highest BCUT2D eigenvalue weighted by atomic mass is 35.5. The number of hydrogen-bond donors (Lipinski definition) is 1. The van der Waals surface area contributed by atoms with E-state index >= 15 is 0 Å². The van der Waals surface area contributed by atoms with Crippen molar-refractivity contribution in [3.05, 3.63) is 34.9 Å². The molecular weight excluding hydrogens is 294 g/mol. The van der Waals surface area contributed by atoms with Crippen LogP contribution in [0.3, 0.4) is 0 Å². The second kappa shape index (κ2) is 8.01. The molecule has 0 aliphatic carbocycles. The Balaban J connectivity index is 2.74. The van der Waals surface area contributed by atoms with Crippen molar-refractivity contribution >= 4 is 21.4 Å². The van der Waals surface area contributed by atoms with Crippen LogP contribution in [0.4, 0.5) is 0 Å². The smallest absolute Gasteiger partial charge is 0.155 e. The van der Waals surface area contributed by atoms with Crippen LogP contribution in [0, 0.1) is 5.92 Å². The van der Waals surface area contributed by atoms with E-state index < -0.39 is 9.84 Å². The molecule has 0 saturated carbocycles. The van der Waals surface area contributed by atoms with Gasteiger partial charge in [-0.15, -0.1) is 0 Å². The largest absolute Gasteiger partial charge is 0.313 e. The third-order valence-corrected chi connectivity index (χ3v) is 5.42. The summed E-state index contributed by atoms with van der Waals surface area (Å²) in [7, 11) is -3.13. The molecule has 1 aromatic rings. The number of benzene rings is 1. The minimum Gasteiger partial charge on any atom is -0.313 e. The highest BCUT2D eigenvalue weighted by Crippen LogP contribution is 2.15. The van der Waals surface area contributed by atoms with Gasteiger partial charge in [-0.3, -0.25) is 0 Å². The van der Waals surface area contributed by atoms with Crippen molar-refractivity contribution in [3.63, 3.8) is 0 Å². The number of rotatable bonds is 8. The molecule has 1 N–H and O–H groups in total. The summed E-state index contributed by atoms with van der Waals surface area (Å²) in [6, 6.07) is 7.00. The van der Waals surface area contributed by atoms with Crippen LogP contribution in [-0.4, -0.2) is 26.8 Å². The van der Waals surface area contributed by atoms with Gasteiger partial charge in [-0.05, 0) is 30.2 Å². The lowest BCUT2D eigenvalue weighted by atomic mass is 10.0. The van der Waals surface area contributed by atoms with Crippen LogP contribution in [-0.2, 0) is 15.6 Å². The summed E-state index contributed by atoms with van der Waals surface area (Å²) in [5.74, 6) is 0.594. The Morgan fingerprint density at radius 2 is 1.80 bits per heavy atom. The molecule has 1 aromatic carbocycles. The summed E-state index contributed by atoms with van der Waals surface area (Å²) >= 11 is 5.81. The standard InChI is InChI=1S/C15H24ClNO2S/c1-4-12(3)15(17-5-2)11-20(18,19)10-13-6-8-14(16)9-7-13/h6-9,12,15,17H,4-5,10-11H2,1-3H3. The Morgan fingerprint density at radius 1 is 1.20 bits per heavy atom. The quantitative estimate of drug-likeness (QED) is 0.800. The highest BCUT2D eigenvalue weighted by Gasteiger charge is 2.23. The van der Waals surface area contributed by atoms with Gasteiger partial charge in [-0.25, -0.2) is 8.42 Å². The predicted molar refractivity (Wildman–Crippen MR) is 85.9 cm³/mol. The van der Waals surface area contributed by atoms with Crippen molar-refractivity contribution in [2.45, 2.75) is 39.0 Å². The summed E-state index contributed by atoms with van der Waals surface area (Å²) in [5, 5.41) is 3.91. The minimum absolute atomic E-state index is 0.0160. The van der Waals surface area contributed by atoms with Crippen molar-refractivity contribution in [1.82, 2.24) is 5.32 Å². The molecule has 2 atom stereocenters. The summed E-state index contributed by atoms with van der Waals surface area (Å²) in [4.78, 5) is 0. The zero-order valence-electron chi connectivity index (χ0n) is 12.4. The molecule has 1 rings (SSSR count). The van der Waals surface area contributed by atoms with Crippen LogP contribution in [0.25, 0.3) is 0 Å². The monoisotopic (exact) mass is 317 g/mol. The van der Waals surface area contributed by atoms with Gasteiger partial charge in [0.05, 0.1) is 11.5 Å². The highest BCUT2D eigenvalue weighted by molar-refractivity contribution is 7.90. The summed E-state index contributed by atoms with van der Waals surface area (Å²) in [6.45, 7) is 6.96. The van der Waals surface area contributed by atoms with Crippen molar-refractivity contribution in [3.8, 4) is 0 Å². The van der Waals surface area contributed by atoms with E-state index in [0.29, 0.717) is 10.9 Å². The first-order valence-electron chi connectivity index (χ1n) is 7.06. The van der Waals surface area contributed by atoms with E-state index in [1.165, 1.54) is 0 Å². The molecule has 0 aliphatic heterocycles. The van der Waals surface area contributed by atoms with E-state index in [-0.39, 0.29) is 17.5 Å². The minimum atomic E-state index is -3.13. The summed E-state index contributed by atoms with van der Waals surface area (Å²) in [5.41, 5.74) is 0.786. The fourth-order valence-corrected chi connectivity index (χ4v) is 4.08. The number of hydrogen-bond acceptors (Lipinski definition) is 3. The van der Waals surface area contributed by atoms with Crippen LogP contribution in [0.2, 0.25) is 5.02 Å². The second-order valence-corrected chi connectivity index (χ2v) is 7.78. The maximum atomic E-state index is 12.3. The topological polar surface area (TPSA) is 46.2 Å². The molecule has 20 heavy (non-hydrogen) atoms. The predicted octanol–water partition coefficient (Wildman–Crippen LogP) is 3.28. The fourth-order valence-electron chi connectivity index (χ4n) is 2.14. The van der Waals surface area contributed by atoms with E-state index in [1.54, 1.807) is 24.3 Å². The number of sulfone groups is 1. The first-order chi connectivity index (χ1) is 9.38. The Bertz CT molecular complexity index is 499. The fraction of sp³-hybridized carbons (Fsp3) is 0.600. The van der Waals surface area contributed by atoms with Gasteiger partial charge in [-0.1, -0.05) is 50.9 Å². The molecule has 0 fully saturated rings. The van der Waals surface area contributed by atoms with Gasteiger partial charge in [0.25, 0.3) is 0 Å². The lowest BCUT2D eigenvalue weighted by Crippen LogP contribution is -2.40. The first kappa shape index (κ1) is 17.5. The Kier molecular flexibility index (Phi) is 7.00. The van der Waals surface area contributed by atoms with Gasteiger partial charge in [0, 0.05) is 11.1 Å². The molecule has 0 bridgehead atoms. The Hall–Kier alpha value is -0.580. The molecule has 0 radical (unpaired) electrons. The van der Waals surface area contributed by atoms with Gasteiger partial charge >= 0.3 is 0 Å². The van der Waals surface area contributed by atoms with E-state index in [4.69, 9.17) is 11.6 Å². The van der Waals surface area contributed by atoms with Crippen molar-refractivity contribution in [1.29, 1.82) is 0 Å². The van der Waals surface area contributed by atoms with Gasteiger partial charge in [0.2, 0.25) is 0 Å². The van der Waals surface area contributed by atoms with E-state index in [0.717, 1.165) is 18.5 Å². The molecule has 0 aromatic heterocycles. The number of halogens is 1. The van der Waals surface area contributed by atoms with Crippen molar-refractivity contribution in [2.75, 3.05) is 12.3 Å². The van der Waals surface area contributed by atoms with Crippen LogP contribution in [0.1, 0.15) is 32.8 Å². The molecular formula is C15H24ClNO2S. The average Bonchev–Trinajstić information content (AvgIpc) is 2.39. The molecule has 0 amide bonds. The zero-order valence-corrected chi connectivity index (χ0v) is 14.0. The van der Waals surface area contributed by atoms with Crippen LogP contribution < -0.4 is 5.32 Å². The zero-order chi connectivity index (χ0) is 15.2. The Labute approximate surface area is 127 Å². The van der Waals surface area contributed by atoms with Gasteiger partial charge < -0.3 is 5.32 Å². The van der Waals surface area contributed by atoms with Crippen molar-refractivity contribution < 1.29 is 8.42 Å². The maximum absolute atomic E-state index is 12.3. The third kappa shape index (κ3) is 5.81. The third-order valence-electron chi connectivity index (χ3n) is 3.53. The Morgan fingerprint density at radius 3 is 2.30 bits per heavy atom. The first-order valence-corrected chi connectivity index (χ1v) is 9.26. The lowest BCUT2D eigenvalue weighted by molar-refractivity contribution is 0.398. The molecule has 0 saturated heterocycles. The van der Waals surface area contributed by atoms with E-state index in [9.17, 15) is 8.42 Å². The molecule has 114 valence electrons.